The summed E-state index contributed by atoms with van der Waals surface area (Å²) in [5, 5.41) is 15.0. The van der Waals surface area contributed by atoms with Crippen molar-refractivity contribution < 1.29 is 32.5 Å². The van der Waals surface area contributed by atoms with E-state index in [4.69, 9.17) is 19.4 Å². The Morgan fingerprint density at radius 1 is 1.21 bits per heavy atom. The van der Waals surface area contributed by atoms with Crippen LogP contribution in [0.1, 0.15) is 24.1 Å². The number of nitrogens with zero attached hydrogens (tertiary/aromatic N) is 2. The Hall–Kier alpha value is -3.01. The topological polar surface area (TPSA) is 87.7 Å². The SMILES string of the molecule is C1=C[C@@H]2C[C@H]1CC2CN1CCc2[nH]nc(-c3ccc4c(c3)OCO4)c2C1.O=C(O)C(F)(F)F. The lowest BCUT2D eigenvalue weighted by molar-refractivity contribution is -0.192. The average Bonchev–Trinajstić information content (AvgIpc) is 3.56. The minimum absolute atomic E-state index is 0.309. The molecule has 2 aliphatic carbocycles. The van der Waals surface area contributed by atoms with E-state index in [1.165, 1.54) is 30.6 Å². The van der Waals surface area contributed by atoms with Crippen molar-refractivity contribution in [3.63, 3.8) is 0 Å². The van der Waals surface area contributed by atoms with E-state index < -0.39 is 12.1 Å². The van der Waals surface area contributed by atoms with Crippen molar-refractivity contribution in [2.45, 2.75) is 32.0 Å². The highest BCUT2D eigenvalue weighted by Crippen LogP contribution is 2.44. The Morgan fingerprint density at radius 3 is 2.70 bits per heavy atom. The fraction of sp³-hybridized carbons (Fsp3) is 0.478. The van der Waals surface area contributed by atoms with Gasteiger partial charge in [0.15, 0.2) is 11.5 Å². The molecule has 1 saturated carbocycles. The van der Waals surface area contributed by atoms with Crippen molar-refractivity contribution in [3.05, 3.63) is 41.6 Å². The van der Waals surface area contributed by atoms with Crippen LogP contribution in [0.15, 0.2) is 30.4 Å². The lowest BCUT2D eigenvalue weighted by atomic mass is 9.92. The van der Waals surface area contributed by atoms with Crippen molar-refractivity contribution >= 4 is 5.97 Å². The minimum Gasteiger partial charge on any atom is -0.475 e. The highest BCUT2D eigenvalue weighted by molar-refractivity contribution is 5.73. The van der Waals surface area contributed by atoms with Crippen LogP contribution in [0.5, 0.6) is 11.5 Å². The zero-order valence-corrected chi connectivity index (χ0v) is 17.8. The zero-order chi connectivity index (χ0) is 23.2. The molecule has 2 bridgehead atoms. The highest BCUT2D eigenvalue weighted by Gasteiger charge is 2.38. The molecule has 6 rings (SSSR count). The van der Waals surface area contributed by atoms with E-state index in [-0.39, 0.29) is 0 Å². The van der Waals surface area contributed by atoms with Crippen LogP contribution in [-0.4, -0.2) is 52.2 Å². The van der Waals surface area contributed by atoms with Crippen molar-refractivity contribution in [3.8, 4) is 22.8 Å². The van der Waals surface area contributed by atoms with Gasteiger partial charge in [-0.25, -0.2) is 4.79 Å². The number of aliphatic carboxylic acids is 1. The first-order valence-corrected chi connectivity index (χ1v) is 10.9. The van der Waals surface area contributed by atoms with E-state index in [9.17, 15) is 13.2 Å². The van der Waals surface area contributed by atoms with Crippen LogP contribution in [-0.2, 0) is 17.8 Å². The van der Waals surface area contributed by atoms with Gasteiger partial charge in [-0.1, -0.05) is 12.2 Å². The van der Waals surface area contributed by atoms with Gasteiger partial charge in [0, 0.05) is 42.9 Å². The molecule has 1 aromatic heterocycles. The van der Waals surface area contributed by atoms with Gasteiger partial charge >= 0.3 is 12.1 Å². The van der Waals surface area contributed by atoms with Crippen molar-refractivity contribution in [1.82, 2.24) is 15.1 Å². The standard InChI is InChI=1S/C21H23N3O2.C2HF3O2/c1-2-14-7-13(1)8-16(14)10-24-6-5-18-17(11-24)21(23-22-18)15-3-4-19-20(9-15)26-12-25-19;3-2(4,5)1(6)7/h1-4,9,13-14,16H,5-8,10-12H2,(H,22,23);(H,6,7)/t13-,14+,16?;/m0./s1. The van der Waals surface area contributed by atoms with Crippen molar-refractivity contribution in [2.75, 3.05) is 19.9 Å². The summed E-state index contributed by atoms with van der Waals surface area (Å²) < 4.78 is 42.7. The molecule has 1 aromatic carbocycles. The number of halogens is 3. The summed E-state index contributed by atoms with van der Waals surface area (Å²) >= 11 is 0. The maximum Gasteiger partial charge on any atom is 0.490 e. The predicted octanol–water partition coefficient (Wildman–Crippen LogP) is 4.01. The van der Waals surface area contributed by atoms with Gasteiger partial charge < -0.3 is 14.6 Å². The lowest BCUT2D eigenvalue weighted by Crippen LogP contribution is -2.35. The smallest absolute Gasteiger partial charge is 0.475 e. The highest BCUT2D eigenvalue weighted by atomic mass is 19.4. The molecular weight excluding hydrogens is 439 g/mol. The summed E-state index contributed by atoms with van der Waals surface area (Å²) in [5.41, 5.74) is 4.82. The molecule has 2 N–H and O–H groups in total. The molecule has 2 aromatic rings. The van der Waals surface area contributed by atoms with Gasteiger partial charge in [0.25, 0.3) is 0 Å². The number of hydrogen-bond acceptors (Lipinski definition) is 5. The lowest BCUT2D eigenvalue weighted by Gasteiger charge is -2.31. The normalized spacial score (nSPS) is 25.0. The first-order chi connectivity index (χ1) is 15.8. The van der Waals surface area contributed by atoms with Crippen LogP contribution in [0.25, 0.3) is 11.3 Å². The zero-order valence-electron chi connectivity index (χ0n) is 17.8. The van der Waals surface area contributed by atoms with E-state index in [1.54, 1.807) is 0 Å². The molecule has 3 heterocycles. The maximum absolute atomic E-state index is 10.6. The second-order valence-corrected chi connectivity index (χ2v) is 8.93. The third-order valence-corrected chi connectivity index (χ3v) is 6.81. The van der Waals surface area contributed by atoms with E-state index in [0.717, 1.165) is 60.0 Å². The average molecular weight is 463 g/mol. The molecule has 0 amide bonds. The quantitative estimate of drug-likeness (QED) is 0.669. The Morgan fingerprint density at radius 2 is 2.00 bits per heavy atom. The summed E-state index contributed by atoms with van der Waals surface area (Å²) in [7, 11) is 0. The number of aromatic nitrogens is 2. The first kappa shape index (κ1) is 21.8. The molecule has 7 nitrogen and oxygen atoms in total. The van der Waals surface area contributed by atoms with Crippen LogP contribution < -0.4 is 9.47 Å². The number of carbonyl (C=O) groups is 1. The van der Waals surface area contributed by atoms with Gasteiger partial charge in [-0.3, -0.25) is 10.00 Å². The number of fused-ring (bicyclic) bond motifs is 4. The van der Waals surface area contributed by atoms with Crippen LogP contribution >= 0.6 is 0 Å². The number of aromatic amines is 1. The number of allylic oxidation sites excluding steroid dienone is 2. The number of ether oxygens (including phenoxy) is 2. The summed E-state index contributed by atoms with van der Waals surface area (Å²) in [6.07, 6.45) is 3.64. The fourth-order valence-corrected chi connectivity index (χ4v) is 5.23. The summed E-state index contributed by atoms with van der Waals surface area (Å²) in [4.78, 5) is 11.5. The molecule has 2 aliphatic heterocycles. The minimum atomic E-state index is -5.08. The molecule has 1 unspecified atom stereocenters. The van der Waals surface area contributed by atoms with Crippen LogP contribution in [0.4, 0.5) is 13.2 Å². The van der Waals surface area contributed by atoms with Crippen LogP contribution in [0.3, 0.4) is 0 Å². The number of H-pyrrole nitrogens is 1. The molecule has 33 heavy (non-hydrogen) atoms. The summed E-state index contributed by atoms with van der Waals surface area (Å²) in [6, 6.07) is 6.13. The number of carboxylic acids is 1. The summed E-state index contributed by atoms with van der Waals surface area (Å²) in [5.74, 6) is 1.40. The van der Waals surface area contributed by atoms with Gasteiger partial charge in [0.1, 0.15) is 0 Å². The Labute approximate surface area is 188 Å². The van der Waals surface area contributed by atoms with Gasteiger partial charge in [-0.2, -0.15) is 18.3 Å². The molecule has 4 aliphatic rings. The van der Waals surface area contributed by atoms with E-state index in [0.29, 0.717) is 6.79 Å². The second-order valence-electron chi connectivity index (χ2n) is 8.93. The largest absolute Gasteiger partial charge is 0.490 e. The van der Waals surface area contributed by atoms with Gasteiger partial charge in [0.05, 0.1) is 5.69 Å². The van der Waals surface area contributed by atoms with Gasteiger partial charge in [-0.05, 0) is 48.8 Å². The molecule has 1 fully saturated rings. The number of benzene rings is 1. The number of rotatable bonds is 3. The summed E-state index contributed by atoms with van der Waals surface area (Å²) in [6.45, 7) is 3.65. The van der Waals surface area contributed by atoms with Crippen LogP contribution in [0, 0.1) is 17.8 Å². The maximum atomic E-state index is 10.6. The predicted molar refractivity (Wildman–Crippen MR) is 112 cm³/mol. The number of alkyl halides is 3. The molecule has 0 radical (unpaired) electrons. The Balaban J connectivity index is 0.000000287. The molecule has 176 valence electrons. The molecule has 0 spiro atoms. The molecular formula is C23H24F3N3O4. The van der Waals surface area contributed by atoms with Gasteiger partial charge in [-0.15, -0.1) is 0 Å². The number of nitrogens with one attached hydrogen (secondary N) is 1. The molecule has 0 saturated heterocycles. The molecule has 10 heteroatoms. The van der Waals surface area contributed by atoms with Crippen molar-refractivity contribution in [1.29, 1.82) is 0 Å². The molecule has 3 atom stereocenters. The fourth-order valence-electron chi connectivity index (χ4n) is 5.23. The third-order valence-electron chi connectivity index (χ3n) is 6.81. The van der Waals surface area contributed by atoms with E-state index in [1.807, 2.05) is 6.07 Å². The van der Waals surface area contributed by atoms with Crippen LogP contribution in [0.2, 0.25) is 0 Å². The van der Waals surface area contributed by atoms with Crippen molar-refractivity contribution in [2.24, 2.45) is 17.8 Å². The Kier molecular flexibility index (Phi) is 5.55. The first-order valence-electron chi connectivity index (χ1n) is 10.9. The van der Waals surface area contributed by atoms with E-state index in [2.05, 4.69) is 39.4 Å². The van der Waals surface area contributed by atoms with E-state index >= 15 is 0 Å². The monoisotopic (exact) mass is 463 g/mol. The van der Waals surface area contributed by atoms with Gasteiger partial charge in [0.2, 0.25) is 6.79 Å². The number of carboxylic acid groups (broad SMARTS) is 1. The number of hydrogen-bond donors (Lipinski definition) is 2. The second kappa shape index (κ2) is 8.40. The third kappa shape index (κ3) is 4.44. The Bertz CT molecular complexity index is 1080.